The summed E-state index contributed by atoms with van der Waals surface area (Å²) < 4.78 is 15.1. The summed E-state index contributed by atoms with van der Waals surface area (Å²) in [4.78, 5) is 18.9. The molecular weight excluding hydrogens is 268 g/mol. The molecule has 3 nitrogen and oxygen atoms in total. The number of fused-ring (bicyclic) bond motifs is 1. The molecule has 16 heavy (non-hydrogen) atoms. The van der Waals surface area contributed by atoms with Gasteiger partial charge in [-0.1, -0.05) is 15.9 Å². The van der Waals surface area contributed by atoms with Crippen molar-refractivity contribution in [3.63, 3.8) is 0 Å². The summed E-state index contributed by atoms with van der Waals surface area (Å²) in [6.45, 7) is 0. The minimum atomic E-state index is -1.64. The molecular formula is C12H11BrN2O. The summed E-state index contributed by atoms with van der Waals surface area (Å²) >= 11 is 2.94. The first kappa shape index (κ1) is 8.01. The number of aromatic nitrogens is 2. The highest BCUT2D eigenvalue weighted by atomic mass is 79.9. The normalized spacial score (nSPS) is 18.3. The van der Waals surface area contributed by atoms with Gasteiger partial charge in [0.25, 0.3) is 5.56 Å². The quantitative estimate of drug-likeness (QED) is 0.860. The van der Waals surface area contributed by atoms with E-state index in [-0.39, 0.29) is 5.56 Å². The molecule has 82 valence electrons. The Bertz CT molecular complexity index is 674. The number of nitrogens with one attached hydrogen (secondary N) is 1. The zero-order valence-corrected chi connectivity index (χ0v) is 10.0. The molecule has 0 bridgehead atoms. The molecule has 0 amide bonds. The first-order chi connectivity index (χ1) is 8.45. The van der Waals surface area contributed by atoms with Gasteiger partial charge in [0.05, 0.1) is 11.0 Å². The molecule has 1 aliphatic carbocycles. The van der Waals surface area contributed by atoms with E-state index in [0.29, 0.717) is 22.5 Å². The summed E-state index contributed by atoms with van der Waals surface area (Å²) in [5.41, 5.74) is 2.38. The topological polar surface area (TPSA) is 45.8 Å². The third-order valence-corrected chi connectivity index (χ3v) is 3.31. The summed E-state index contributed by atoms with van der Waals surface area (Å²) in [6.07, 6.45) is 3.62. The molecule has 2 aromatic heterocycles. The lowest BCUT2D eigenvalue weighted by Crippen LogP contribution is -2.11. The van der Waals surface area contributed by atoms with Crippen molar-refractivity contribution in [2.75, 3.05) is 0 Å². The zero-order valence-electron chi connectivity index (χ0n) is 10.5. The van der Waals surface area contributed by atoms with Crippen LogP contribution in [0.15, 0.2) is 23.1 Å². The van der Waals surface area contributed by atoms with Crippen LogP contribution >= 0.6 is 15.9 Å². The monoisotopic (exact) mass is 280 g/mol. The average Bonchev–Trinajstić information content (AvgIpc) is 3.10. The van der Waals surface area contributed by atoms with E-state index in [9.17, 15) is 4.79 Å². The number of pyridine rings is 2. The van der Waals surface area contributed by atoms with Gasteiger partial charge in [0.1, 0.15) is 0 Å². The minimum Gasteiger partial charge on any atom is -0.320 e. The maximum Gasteiger partial charge on any atom is 0.252 e. The number of aromatic amines is 1. The van der Waals surface area contributed by atoms with E-state index in [1.54, 1.807) is 6.07 Å². The van der Waals surface area contributed by atoms with Gasteiger partial charge in [-0.25, -0.2) is 0 Å². The van der Waals surface area contributed by atoms with Crippen LogP contribution in [0.2, 0.25) is 0 Å². The van der Waals surface area contributed by atoms with E-state index in [2.05, 4.69) is 25.9 Å². The highest BCUT2D eigenvalue weighted by Crippen LogP contribution is 2.38. The van der Waals surface area contributed by atoms with Crippen LogP contribution < -0.4 is 5.56 Å². The van der Waals surface area contributed by atoms with Gasteiger partial charge < -0.3 is 4.98 Å². The second-order valence-corrected chi connectivity index (χ2v) is 4.48. The summed E-state index contributed by atoms with van der Waals surface area (Å²) in [5, 5.41) is -1.64. The van der Waals surface area contributed by atoms with Crippen LogP contribution in [0.5, 0.6) is 0 Å². The molecule has 4 heteroatoms. The van der Waals surface area contributed by atoms with Gasteiger partial charge >= 0.3 is 0 Å². The van der Waals surface area contributed by atoms with Gasteiger partial charge in [-0.2, -0.15) is 0 Å². The van der Waals surface area contributed by atoms with E-state index < -0.39 is 5.28 Å². The van der Waals surface area contributed by atoms with Crippen LogP contribution in [-0.4, -0.2) is 9.97 Å². The van der Waals surface area contributed by atoms with Crippen molar-refractivity contribution in [3.8, 4) is 0 Å². The van der Waals surface area contributed by atoms with Crippen molar-refractivity contribution < 1.29 is 2.74 Å². The van der Waals surface area contributed by atoms with Crippen LogP contribution in [0.3, 0.4) is 0 Å². The molecule has 1 N–H and O–H groups in total. The number of H-pyrrole nitrogens is 1. The van der Waals surface area contributed by atoms with Crippen molar-refractivity contribution >= 4 is 27.0 Å². The third kappa shape index (κ3) is 1.67. The highest BCUT2D eigenvalue weighted by Gasteiger charge is 2.26. The number of hydrogen-bond donors (Lipinski definition) is 1. The minimum absolute atomic E-state index is 0.0842. The summed E-state index contributed by atoms with van der Waals surface area (Å²) in [6, 6.07) is 3.44. The highest BCUT2D eigenvalue weighted by molar-refractivity contribution is 9.08. The zero-order chi connectivity index (χ0) is 12.9. The number of hydrogen-bond acceptors (Lipinski definition) is 2. The molecule has 1 saturated carbocycles. The molecule has 2 aromatic rings. The fourth-order valence-electron chi connectivity index (χ4n) is 1.85. The van der Waals surface area contributed by atoms with E-state index in [1.165, 1.54) is 6.20 Å². The number of nitrogens with zero attached hydrogens (tertiary/aromatic N) is 1. The second-order valence-electron chi connectivity index (χ2n) is 4.08. The van der Waals surface area contributed by atoms with E-state index in [1.807, 2.05) is 6.07 Å². The van der Waals surface area contributed by atoms with Gasteiger partial charge in [0.2, 0.25) is 0 Å². The maximum atomic E-state index is 11.9. The molecule has 0 aromatic carbocycles. The van der Waals surface area contributed by atoms with E-state index in [4.69, 9.17) is 2.74 Å². The summed E-state index contributed by atoms with van der Waals surface area (Å²) in [7, 11) is 0. The number of rotatable bonds is 2. The lowest BCUT2D eigenvalue weighted by Gasteiger charge is -2.02. The average molecular weight is 281 g/mol. The Morgan fingerprint density at radius 2 is 2.38 bits per heavy atom. The smallest absolute Gasteiger partial charge is 0.252 e. The molecule has 1 aliphatic rings. The fourth-order valence-corrected chi connectivity index (χ4v) is 2.06. The Kier molecular flexibility index (Phi) is 1.85. The Balaban J connectivity index is 2.18. The molecule has 3 rings (SSSR count). The van der Waals surface area contributed by atoms with Gasteiger partial charge in [0, 0.05) is 19.8 Å². The molecule has 0 atom stereocenters. The molecule has 2 heterocycles. The van der Waals surface area contributed by atoms with Gasteiger partial charge in [-0.15, -0.1) is 0 Å². The molecule has 0 unspecified atom stereocenters. The van der Waals surface area contributed by atoms with Crippen molar-refractivity contribution in [2.45, 2.75) is 24.0 Å². The van der Waals surface area contributed by atoms with Crippen LogP contribution in [0.4, 0.5) is 0 Å². The van der Waals surface area contributed by atoms with Crippen LogP contribution in [-0.2, 0) is 5.28 Å². The predicted octanol–water partition coefficient (Wildman–Crippen LogP) is 2.70. The molecule has 0 radical (unpaired) electrons. The number of halogens is 1. The van der Waals surface area contributed by atoms with Crippen molar-refractivity contribution in [1.29, 1.82) is 0 Å². The Morgan fingerprint density at radius 1 is 1.56 bits per heavy atom. The van der Waals surface area contributed by atoms with Crippen molar-refractivity contribution in [1.82, 2.24) is 9.97 Å². The van der Waals surface area contributed by atoms with Gasteiger partial charge in [-0.3, -0.25) is 9.78 Å². The van der Waals surface area contributed by atoms with Gasteiger partial charge in [-0.05, 0) is 36.5 Å². The Morgan fingerprint density at radius 3 is 3.06 bits per heavy atom. The van der Waals surface area contributed by atoms with Crippen molar-refractivity contribution in [3.05, 3.63) is 39.8 Å². The van der Waals surface area contributed by atoms with E-state index in [0.717, 1.165) is 18.4 Å². The Hall–Kier alpha value is -1.16. The SMILES string of the molecule is [2H]C([2H])(Br)c1cnc2cc(C3CC3)c(=O)[nH]c2c1. The second kappa shape index (κ2) is 3.70. The number of alkyl halides is 1. The molecule has 0 aliphatic heterocycles. The maximum absolute atomic E-state index is 11.9. The molecule has 1 fully saturated rings. The molecule has 0 saturated heterocycles. The lowest BCUT2D eigenvalue weighted by molar-refractivity contribution is 1.06. The largest absolute Gasteiger partial charge is 0.320 e. The fraction of sp³-hybridized carbons (Fsp3) is 0.333. The van der Waals surface area contributed by atoms with Gasteiger partial charge in [0.15, 0.2) is 0 Å². The first-order valence-corrected chi connectivity index (χ1v) is 5.97. The first-order valence-electron chi connectivity index (χ1n) is 6.17. The van der Waals surface area contributed by atoms with Crippen LogP contribution in [0, 0.1) is 0 Å². The molecule has 0 spiro atoms. The van der Waals surface area contributed by atoms with E-state index >= 15 is 0 Å². The standard InChI is InChI=1S/C12H11BrN2O/c13-5-7-3-11-10(14-6-7)4-9(8-1-2-8)12(16)15-11/h3-4,6,8H,1-2,5H2,(H,15,16)/i5D2. The van der Waals surface area contributed by atoms with Crippen molar-refractivity contribution in [2.24, 2.45) is 0 Å². The summed E-state index contributed by atoms with van der Waals surface area (Å²) in [5.74, 6) is 0.377. The predicted molar refractivity (Wildman–Crippen MR) is 67.0 cm³/mol. The van der Waals surface area contributed by atoms with Crippen LogP contribution in [0.1, 0.15) is 32.6 Å². The third-order valence-electron chi connectivity index (χ3n) is 2.85. The lowest BCUT2D eigenvalue weighted by atomic mass is 10.1. The van der Waals surface area contributed by atoms with Crippen LogP contribution in [0.25, 0.3) is 11.0 Å². The Labute approximate surface area is 104 Å².